The zero-order valence-electron chi connectivity index (χ0n) is 33.6. The summed E-state index contributed by atoms with van der Waals surface area (Å²) in [7, 11) is 0. The van der Waals surface area contributed by atoms with Crippen LogP contribution in [0.25, 0.3) is 0 Å². The van der Waals surface area contributed by atoms with E-state index in [1.165, 1.54) is 4.90 Å². The Bertz CT molecular complexity index is 1810. The number of amides is 6. The first-order chi connectivity index (χ1) is 27.4. The SMILES string of the molecule is CCC(NC(=O)[C@@H]1C[C@@H](OC(C)(C)C)CN1C(=O)[C@@H](NC(=O)Cc1ccc(CC(=O)O)cc1)C1CCCCC1)C(=O)C(=O)NCC(=O)N[C@H](C(N)=O)c1ccccc1. The molecule has 1 unspecified atom stereocenters. The van der Waals surface area contributed by atoms with E-state index >= 15 is 0 Å². The predicted molar refractivity (Wildman–Crippen MR) is 211 cm³/mol. The van der Waals surface area contributed by atoms with E-state index in [0.29, 0.717) is 29.5 Å². The lowest BCUT2D eigenvalue weighted by atomic mass is 9.83. The molecule has 2 aromatic carbocycles. The maximum absolute atomic E-state index is 14.6. The van der Waals surface area contributed by atoms with Gasteiger partial charge in [-0.1, -0.05) is 80.8 Å². The Balaban J connectivity index is 1.46. The molecule has 1 saturated heterocycles. The third-order valence-electron chi connectivity index (χ3n) is 10.2. The molecule has 0 radical (unpaired) electrons. The summed E-state index contributed by atoms with van der Waals surface area (Å²) in [5, 5.41) is 19.4. The summed E-state index contributed by atoms with van der Waals surface area (Å²) >= 11 is 0. The molecule has 2 aromatic rings. The summed E-state index contributed by atoms with van der Waals surface area (Å²) in [5.41, 5.74) is 6.51. The van der Waals surface area contributed by atoms with Crippen LogP contribution in [0.3, 0.4) is 0 Å². The Morgan fingerprint density at radius 3 is 2.03 bits per heavy atom. The van der Waals surface area contributed by atoms with Gasteiger partial charge in [0.25, 0.3) is 5.91 Å². The summed E-state index contributed by atoms with van der Waals surface area (Å²) < 4.78 is 6.22. The Hall–Kier alpha value is -5.64. The van der Waals surface area contributed by atoms with Gasteiger partial charge in [0.1, 0.15) is 18.1 Å². The highest BCUT2D eigenvalue weighted by Gasteiger charge is 2.46. The molecule has 4 rings (SSSR count). The first-order valence-electron chi connectivity index (χ1n) is 19.8. The van der Waals surface area contributed by atoms with Crippen LogP contribution in [0.15, 0.2) is 54.6 Å². The van der Waals surface area contributed by atoms with Crippen LogP contribution < -0.4 is 27.0 Å². The summed E-state index contributed by atoms with van der Waals surface area (Å²) in [6.45, 7) is 6.56. The minimum absolute atomic E-state index is 0.0164. The predicted octanol–water partition coefficient (Wildman–Crippen LogP) is 1.63. The molecule has 2 fully saturated rings. The number of carboxylic acids is 1. The van der Waals surface area contributed by atoms with Gasteiger partial charge in [-0.15, -0.1) is 0 Å². The topological polar surface area (TPSA) is 243 Å². The monoisotopic (exact) mass is 804 g/mol. The summed E-state index contributed by atoms with van der Waals surface area (Å²) in [4.78, 5) is 105. The van der Waals surface area contributed by atoms with Crippen LogP contribution in [0, 0.1) is 5.92 Å². The fraction of sp³-hybridized carbons (Fsp3) is 0.524. The van der Waals surface area contributed by atoms with Crippen LogP contribution >= 0.6 is 0 Å². The average molecular weight is 805 g/mol. The van der Waals surface area contributed by atoms with Crippen LogP contribution in [0.4, 0.5) is 0 Å². The van der Waals surface area contributed by atoms with E-state index < -0.39 is 89.6 Å². The van der Waals surface area contributed by atoms with E-state index in [1.807, 2.05) is 20.8 Å². The lowest BCUT2D eigenvalue weighted by molar-refractivity contribution is -0.144. The van der Waals surface area contributed by atoms with E-state index in [2.05, 4.69) is 21.3 Å². The Labute approximate surface area is 338 Å². The van der Waals surface area contributed by atoms with Crippen molar-refractivity contribution in [3.8, 4) is 0 Å². The van der Waals surface area contributed by atoms with Crippen molar-refractivity contribution in [3.05, 3.63) is 71.3 Å². The number of hydrogen-bond donors (Lipinski definition) is 6. The minimum Gasteiger partial charge on any atom is -0.481 e. The molecule has 5 atom stereocenters. The van der Waals surface area contributed by atoms with Crippen molar-refractivity contribution in [1.29, 1.82) is 0 Å². The van der Waals surface area contributed by atoms with E-state index in [9.17, 15) is 38.4 Å². The number of carbonyl (C=O) groups excluding carboxylic acids is 7. The second-order valence-corrected chi connectivity index (χ2v) is 15.9. The largest absolute Gasteiger partial charge is 0.481 e. The highest BCUT2D eigenvalue weighted by molar-refractivity contribution is 6.38. The van der Waals surface area contributed by atoms with Crippen molar-refractivity contribution in [3.63, 3.8) is 0 Å². The number of ketones is 1. The molecule has 2 aliphatic rings. The highest BCUT2D eigenvalue weighted by atomic mass is 16.5. The van der Waals surface area contributed by atoms with E-state index in [0.717, 1.165) is 19.3 Å². The van der Waals surface area contributed by atoms with E-state index in [-0.39, 0.29) is 38.1 Å². The van der Waals surface area contributed by atoms with Gasteiger partial charge >= 0.3 is 5.97 Å². The first-order valence-corrected chi connectivity index (χ1v) is 19.8. The highest BCUT2D eigenvalue weighted by Crippen LogP contribution is 2.31. The molecule has 16 heteroatoms. The molecule has 0 bridgehead atoms. The molecule has 1 aliphatic heterocycles. The molecule has 1 saturated carbocycles. The van der Waals surface area contributed by atoms with Crippen molar-refractivity contribution in [2.45, 2.75) is 121 Å². The summed E-state index contributed by atoms with van der Waals surface area (Å²) in [5.74, 6) is -6.44. The smallest absolute Gasteiger partial charge is 0.307 e. The van der Waals surface area contributed by atoms with E-state index in [1.54, 1.807) is 61.5 Å². The molecular weight excluding hydrogens is 748 g/mol. The quantitative estimate of drug-likeness (QED) is 0.119. The standard InChI is InChI=1S/C42H56N6O10/c1-5-30(37(53)40(56)44-23-33(50)47-35(38(43)54)27-12-8-6-9-13-27)45-39(55)31-22-29(58-42(2,3)4)24-48(31)41(57)36(28-14-10-7-11-15-28)46-32(49)20-25-16-18-26(19-17-25)21-34(51)52/h6,8-9,12-13,16-19,28-31,35-36H,5,7,10-11,14-15,20-24H2,1-4H3,(H2,43,54)(H,44,56)(H,45,55)(H,46,49)(H,47,50)(H,51,52)/t29-,30?,31+,35+,36+/m1/s1. The Morgan fingerprint density at radius 1 is 0.845 bits per heavy atom. The number of carbonyl (C=O) groups is 8. The van der Waals surface area contributed by atoms with Gasteiger partial charge in [0.15, 0.2) is 0 Å². The maximum Gasteiger partial charge on any atom is 0.307 e. The number of nitrogens with zero attached hydrogens (tertiary/aromatic N) is 1. The number of nitrogens with one attached hydrogen (secondary N) is 4. The number of aliphatic carboxylic acids is 1. The molecular formula is C42H56N6O10. The average Bonchev–Trinajstić information content (AvgIpc) is 3.60. The lowest BCUT2D eigenvalue weighted by Crippen LogP contribution is -2.58. The number of hydrogen-bond acceptors (Lipinski definition) is 9. The summed E-state index contributed by atoms with van der Waals surface area (Å²) in [6.07, 6.45) is 3.50. The maximum atomic E-state index is 14.6. The summed E-state index contributed by atoms with van der Waals surface area (Å²) in [6, 6.07) is 10.4. The van der Waals surface area contributed by atoms with E-state index in [4.69, 9.17) is 15.6 Å². The van der Waals surface area contributed by atoms with Crippen LogP contribution in [-0.4, -0.2) is 100 Å². The van der Waals surface area contributed by atoms with Crippen molar-refractivity contribution < 1.29 is 48.2 Å². The first kappa shape index (κ1) is 45.1. The van der Waals surface area contributed by atoms with Crippen LogP contribution in [0.2, 0.25) is 0 Å². The molecule has 0 aromatic heterocycles. The van der Waals surface area contributed by atoms with Gasteiger partial charge in [-0.3, -0.25) is 38.4 Å². The number of ether oxygens (including phenoxy) is 1. The number of carboxylic acid groups (broad SMARTS) is 1. The minimum atomic E-state index is -1.30. The number of likely N-dealkylation sites (tertiary alicyclic amines) is 1. The molecule has 314 valence electrons. The number of Topliss-reactive ketones (excluding diaryl/α,β-unsaturated/α-hetero) is 1. The van der Waals surface area contributed by atoms with Crippen LogP contribution in [-0.2, 0) is 55.9 Å². The van der Waals surface area contributed by atoms with Gasteiger partial charge in [0.05, 0.1) is 37.1 Å². The van der Waals surface area contributed by atoms with Gasteiger partial charge in [-0.25, -0.2) is 0 Å². The van der Waals surface area contributed by atoms with Crippen molar-refractivity contribution in [2.75, 3.05) is 13.1 Å². The van der Waals surface area contributed by atoms with Gasteiger partial charge < -0.3 is 41.7 Å². The number of nitrogens with two attached hydrogens (primary N) is 1. The molecule has 0 spiro atoms. The zero-order valence-corrected chi connectivity index (χ0v) is 33.6. The molecule has 1 aliphatic carbocycles. The van der Waals surface area contributed by atoms with Crippen LogP contribution in [0.5, 0.6) is 0 Å². The fourth-order valence-corrected chi connectivity index (χ4v) is 7.46. The lowest BCUT2D eigenvalue weighted by Gasteiger charge is -2.35. The fourth-order valence-electron chi connectivity index (χ4n) is 7.46. The molecule has 16 nitrogen and oxygen atoms in total. The third kappa shape index (κ3) is 13.2. The molecule has 58 heavy (non-hydrogen) atoms. The molecule has 1 heterocycles. The second kappa shape index (κ2) is 20.7. The molecule has 6 amide bonds. The molecule has 7 N–H and O–H groups in total. The van der Waals surface area contributed by atoms with Gasteiger partial charge in [0, 0.05) is 13.0 Å². The number of benzene rings is 2. The Morgan fingerprint density at radius 2 is 1.47 bits per heavy atom. The van der Waals surface area contributed by atoms with Gasteiger partial charge in [-0.2, -0.15) is 0 Å². The second-order valence-electron chi connectivity index (χ2n) is 15.9. The normalized spacial score (nSPS) is 18.6. The van der Waals surface area contributed by atoms with Crippen molar-refractivity contribution in [1.82, 2.24) is 26.2 Å². The Kier molecular flexibility index (Phi) is 16.1. The van der Waals surface area contributed by atoms with Gasteiger partial charge in [0.2, 0.25) is 35.3 Å². The van der Waals surface area contributed by atoms with Crippen molar-refractivity contribution >= 4 is 47.2 Å². The zero-order chi connectivity index (χ0) is 42.6. The van der Waals surface area contributed by atoms with Crippen molar-refractivity contribution in [2.24, 2.45) is 11.7 Å². The number of primary amides is 1. The van der Waals surface area contributed by atoms with Crippen LogP contribution in [0.1, 0.15) is 95.4 Å². The van der Waals surface area contributed by atoms with Gasteiger partial charge in [-0.05, 0) is 62.6 Å². The number of rotatable bonds is 18. The third-order valence-corrected chi connectivity index (χ3v) is 10.2.